The van der Waals surface area contributed by atoms with E-state index in [0.29, 0.717) is 17.1 Å². The fourth-order valence-corrected chi connectivity index (χ4v) is 2.92. The Kier molecular flexibility index (Phi) is 2.01. The summed E-state index contributed by atoms with van der Waals surface area (Å²) in [4.78, 5) is 11.7. The van der Waals surface area contributed by atoms with E-state index in [9.17, 15) is 4.79 Å². The summed E-state index contributed by atoms with van der Waals surface area (Å²) < 4.78 is 0. The molecule has 2 bridgehead atoms. The summed E-state index contributed by atoms with van der Waals surface area (Å²) >= 11 is 0. The van der Waals surface area contributed by atoms with Gasteiger partial charge in [-0.1, -0.05) is 20.8 Å². The van der Waals surface area contributed by atoms with Gasteiger partial charge in [0.25, 0.3) is 0 Å². The van der Waals surface area contributed by atoms with Gasteiger partial charge in [-0.05, 0) is 36.5 Å². The van der Waals surface area contributed by atoms with Crippen molar-refractivity contribution in [3.05, 3.63) is 0 Å². The second kappa shape index (κ2) is 2.83. The number of fused-ring (bicyclic) bond motifs is 2. The number of Topliss-reactive ketones (excluding diaryl/α,β-unsaturated/α-hetero) is 1. The van der Waals surface area contributed by atoms with Crippen LogP contribution in [0.3, 0.4) is 0 Å². The fourth-order valence-electron chi connectivity index (χ4n) is 2.92. The molecule has 3 saturated carbocycles. The molecule has 0 saturated heterocycles. The summed E-state index contributed by atoms with van der Waals surface area (Å²) in [6.45, 7) is 6.72. The van der Waals surface area contributed by atoms with Crippen LogP contribution >= 0.6 is 0 Å². The third-order valence-electron chi connectivity index (χ3n) is 3.58. The summed E-state index contributed by atoms with van der Waals surface area (Å²) in [7, 11) is 0. The van der Waals surface area contributed by atoms with Gasteiger partial charge in [0.1, 0.15) is 5.78 Å². The third kappa shape index (κ3) is 1.79. The van der Waals surface area contributed by atoms with Gasteiger partial charge < -0.3 is 0 Å². The largest absolute Gasteiger partial charge is 0.299 e. The lowest BCUT2D eigenvalue weighted by Gasteiger charge is -2.47. The van der Waals surface area contributed by atoms with Crippen molar-refractivity contribution in [2.24, 2.45) is 23.2 Å². The van der Waals surface area contributed by atoms with Crippen LogP contribution in [0.4, 0.5) is 0 Å². The van der Waals surface area contributed by atoms with E-state index in [-0.39, 0.29) is 0 Å². The van der Waals surface area contributed by atoms with Gasteiger partial charge >= 0.3 is 0 Å². The minimum atomic E-state index is 0.322. The van der Waals surface area contributed by atoms with Crippen LogP contribution in [0.15, 0.2) is 0 Å². The van der Waals surface area contributed by atoms with Crippen molar-refractivity contribution in [2.75, 3.05) is 0 Å². The van der Waals surface area contributed by atoms with Crippen molar-refractivity contribution >= 4 is 5.78 Å². The Labute approximate surface area is 80.9 Å². The molecule has 3 aliphatic carbocycles. The van der Waals surface area contributed by atoms with Crippen molar-refractivity contribution in [2.45, 2.75) is 46.5 Å². The smallest absolute Gasteiger partial charge is 0.136 e. The molecule has 74 valence electrons. The van der Waals surface area contributed by atoms with Crippen molar-refractivity contribution in [1.82, 2.24) is 0 Å². The number of rotatable bonds is 1. The summed E-state index contributed by atoms with van der Waals surface area (Å²) in [5.41, 5.74) is 0.322. The molecular weight excluding hydrogens is 160 g/mol. The molecule has 0 aliphatic heterocycles. The zero-order chi connectivity index (χ0) is 9.64. The van der Waals surface area contributed by atoms with E-state index in [1.807, 2.05) is 0 Å². The van der Waals surface area contributed by atoms with Crippen molar-refractivity contribution in [1.29, 1.82) is 0 Å². The normalized spacial score (nSPS) is 38.7. The highest BCUT2D eigenvalue weighted by molar-refractivity contribution is 5.83. The highest BCUT2D eigenvalue weighted by atomic mass is 16.1. The Balaban J connectivity index is 2.00. The molecule has 0 N–H and O–H groups in total. The molecule has 3 fully saturated rings. The van der Waals surface area contributed by atoms with Crippen LogP contribution in [0.1, 0.15) is 46.5 Å². The lowest BCUT2D eigenvalue weighted by Crippen LogP contribution is -2.43. The van der Waals surface area contributed by atoms with Gasteiger partial charge in [-0.3, -0.25) is 4.79 Å². The Hall–Kier alpha value is -0.330. The maximum Gasteiger partial charge on any atom is 0.136 e. The van der Waals surface area contributed by atoms with Gasteiger partial charge in [0.2, 0.25) is 0 Å². The van der Waals surface area contributed by atoms with E-state index >= 15 is 0 Å². The zero-order valence-corrected chi connectivity index (χ0v) is 8.97. The molecule has 0 aromatic rings. The zero-order valence-electron chi connectivity index (χ0n) is 8.97. The fraction of sp³-hybridized carbons (Fsp3) is 0.917. The van der Waals surface area contributed by atoms with Crippen LogP contribution in [0, 0.1) is 23.2 Å². The average molecular weight is 180 g/mol. The first-order chi connectivity index (χ1) is 5.96. The van der Waals surface area contributed by atoms with Gasteiger partial charge in [-0.2, -0.15) is 0 Å². The predicted molar refractivity (Wildman–Crippen MR) is 53.4 cm³/mol. The van der Waals surface area contributed by atoms with Crippen LogP contribution in [-0.2, 0) is 4.79 Å². The van der Waals surface area contributed by atoms with Crippen LogP contribution in [0.25, 0.3) is 0 Å². The minimum absolute atomic E-state index is 0.322. The number of hydrogen-bond acceptors (Lipinski definition) is 1. The van der Waals surface area contributed by atoms with E-state index in [1.54, 1.807) is 0 Å². The second-order valence-corrected chi connectivity index (χ2v) is 6.14. The second-order valence-electron chi connectivity index (χ2n) is 6.14. The number of carbonyl (C=O) groups is 1. The predicted octanol–water partition coefficient (Wildman–Crippen LogP) is 3.04. The number of ketones is 1. The average Bonchev–Trinajstić information content (AvgIpc) is 1.87. The van der Waals surface area contributed by atoms with E-state index in [0.717, 1.165) is 24.7 Å². The first-order valence-electron chi connectivity index (χ1n) is 5.48. The van der Waals surface area contributed by atoms with E-state index in [2.05, 4.69) is 20.8 Å². The van der Waals surface area contributed by atoms with E-state index in [4.69, 9.17) is 0 Å². The quantitative estimate of drug-likeness (QED) is 0.606. The van der Waals surface area contributed by atoms with E-state index < -0.39 is 0 Å². The Morgan fingerprint density at radius 3 is 2.38 bits per heavy atom. The third-order valence-corrected chi connectivity index (χ3v) is 3.58. The molecule has 13 heavy (non-hydrogen) atoms. The molecule has 0 radical (unpaired) electrons. The van der Waals surface area contributed by atoms with Crippen LogP contribution in [0.5, 0.6) is 0 Å². The van der Waals surface area contributed by atoms with Crippen LogP contribution in [0.2, 0.25) is 0 Å². The summed E-state index contributed by atoms with van der Waals surface area (Å²) in [6.07, 6.45) is 4.67. The molecule has 0 spiro atoms. The highest BCUT2D eigenvalue weighted by Crippen LogP contribution is 2.50. The SMILES string of the molecule is CC(C)(C)CC1C(=O)CC2CC1C2. The molecule has 0 aromatic heterocycles. The molecule has 0 amide bonds. The highest BCUT2D eigenvalue weighted by Gasteiger charge is 2.45. The van der Waals surface area contributed by atoms with Crippen molar-refractivity contribution < 1.29 is 4.79 Å². The van der Waals surface area contributed by atoms with Gasteiger partial charge in [0.15, 0.2) is 0 Å². The van der Waals surface area contributed by atoms with Gasteiger partial charge in [-0.25, -0.2) is 0 Å². The maximum atomic E-state index is 11.7. The van der Waals surface area contributed by atoms with Crippen LogP contribution in [-0.4, -0.2) is 5.78 Å². The molecular formula is C12H20O. The van der Waals surface area contributed by atoms with Crippen LogP contribution < -0.4 is 0 Å². The topological polar surface area (TPSA) is 17.1 Å². The lowest BCUT2D eigenvalue weighted by atomic mass is 9.57. The molecule has 0 heterocycles. The Bertz CT molecular complexity index is 218. The molecule has 1 unspecified atom stereocenters. The molecule has 1 heteroatoms. The first kappa shape index (κ1) is 9.23. The van der Waals surface area contributed by atoms with Gasteiger partial charge in [-0.15, -0.1) is 0 Å². The number of carbonyl (C=O) groups excluding carboxylic acids is 1. The summed E-state index contributed by atoms with van der Waals surface area (Å²) in [5, 5.41) is 0. The summed E-state index contributed by atoms with van der Waals surface area (Å²) in [6, 6.07) is 0. The molecule has 1 nitrogen and oxygen atoms in total. The number of hydrogen-bond donors (Lipinski definition) is 0. The maximum absolute atomic E-state index is 11.7. The molecule has 0 aromatic carbocycles. The lowest BCUT2D eigenvalue weighted by molar-refractivity contribution is -0.136. The first-order valence-corrected chi connectivity index (χ1v) is 5.48. The van der Waals surface area contributed by atoms with E-state index in [1.165, 1.54) is 12.8 Å². The molecule has 3 rings (SSSR count). The summed E-state index contributed by atoms with van der Waals surface area (Å²) in [5.74, 6) is 2.49. The van der Waals surface area contributed by atoms with Crippen molar-refractivity contribution in [3.8, 4) is 0 Å². The standard InChI is InChI=1S/C12H20O/c1-12(2,3)7-10-9-4-8(5-9)6-11(10)13/h8-10H,4-7H2,1-3H3. The van der Waals surface area contributed by atoms with Gasteiger partial charge in [0, 0.05) is 12.3 Å². The van der Waals surface area contributed by atoms with Gasteiger partial charge in [0.05, 0.1) is 0 Å². The molecule has 3 aliphatic rings. The molecule has 1 atom stereocenters. The van der Waals surface area contributed by atoms with Crippen molar-refractivity contribution in [3.63, 3.8) is 0 Å². The minimum Gasteiger partial charge on any atom is -0.299 e. The Morgan fingerprint density at radius 1 is 1.31 bits per heavy atom. The monoisotopic (exact) mass is 180 g/mol. The Morgan fingerprint density at radius 2 is 1.92 bits per heavy atom.